The molecular weight excluding hydrogens is 483 g/mol. The standard InChI is InChI=1S/C21H21FN6O4S2/c22-17-14(2-1-3-15(17)27-34(29,30)13-5-9-32-12-13)18-19(16-4-6-24-20(23)25-16)33-21(26-18)28-7-10-31-11-8-28/h1-6,9,13,27H,7-8,10-12H2,(H2,23,24,25). The van der Waals surface area contributed by atoms with Crippen molar-refractivity contribution in [3.8, 4) is 21.8 Å². The number of nitrogens with zero attached hydrogens (tertiary/aromatic N) is 4. The lowest BCUT2D eigenvalue weighted by Gasteiger charge is -2.26. The summed E-state index contributed by atoms with van der Waals surface area (Å²) in [5, 5.41) is -0.216. The highest BCUT2D eigenvalue weighted by molar-refractivity contribution is 7.93. The number of hydrogen-bond acceptors (Lipinski definition) is 10. The van der Waals surface area contributed by atoms with E-state index in [-0.39, 0.29) is 23.8 Å². The van der Waals surface area contributed by atoms with Gasteiger partial charge in [-0.1, -0.05) is 17.4 Å². The highest BCUT2D eigenvalue weighted by Crippen LogP contribution is 2.41. The molecule has 3 aromatic rings. The molecule has 0 saturated carbocycles. The van der Waals surface area contributed by atoms with Crippen molar-refractivity contribution in [2.24, 2.45) is 0 Å². The molecular formula is C21H21FN6O4S2. The summed E-state index contributed by atoms with van der Waals surface area (Å²) in [6.45, 7) is 2.41. The third-order valence-corrected chi connectivity index (χ3v) is 8.09. The predicted molar refractivity (Wildman–Crippen MR) is 127 cm³/mol. The summed E-state index contributed by atoms with van der Waals surface area (Å²) in [6.07, 6.45) is 4.25. The number of aromatic nitrogens is 3. The number of anilines is 3. The first kappa shape index (κ1) is 22.5. The molecule has 1 unspecified atom stereocenters. The van der Waals surface area contributed by atoms with E-state index in [9.17, 15) is 8.42 Å². The van der Waals surface area contributed by atoms with Gasteiger partial charge in [0.1, 0.15) is 11.9 Å². The normalized spacial score (nSPS) is 18.1. The van der Waals surface area contributed by atoms with Gasteiger partial charge in [0, 0.05) is 24.8 Å². The van der Waals surface area contributed by atoms with Crippen molar-refractivity contribution in [2.75, 3.05) is 48.3 Å². The Labute approximate surface area is 199 Å². The molecule has 3 N–H and O–H groups in total. The lowest BCUT2D eigenvalue weighted by Crippen LogP contribution is -2.36. The van der Waals surface area contributed by atoms with Crippen LogP contribution in [0.4, 0.5) is 21.2 Å². The molecule has 4 heterocycles. The first-order chi connectivity index (χ1) is 16.4. The summed E-state index contributed by atoms with van der Waals surface area (Å²) in [6, 6.07) is 6.17. The summed E-state index contributed by atoms with van der Waals surface area (Å²) in [7, 11) is -3.89. The van der Waals surface area contributed by atoms with Crippen LogP contribution in [-0.4, -0.2) is 61.5 Å². The average Bonchev–Trinajstić information content (AvgIpc) is 3.52. The van der Waals surface area contributed by atoms with Crippen molar-refractivity contribution in [3.05, 3.63) is 48.6 Å². The second-order valence-electron chi connectivity index (χ2n) is 7.59. The van der Waals surface area contributed by atoms with Crippen molar-refractivity contribution < 1.29 is 22.3 Å². The highest BCUT2D eigenvalue weighted by Gasteiger charge is 2.29. The van der Waals surface area contributed by atoms with Gasteiger partial charge < -0.3 is 20.1 Å². The van der Waals surface area contributed by atoms with Crippen molar-refractivity contribution in [1.82, 2.24) is 15.0 Å². The van der Waals surface area contributed by atoms with Gasteiger partial charge in [-0.05, 0) is 24.3 Å². The number of halogens is 1. The zero-order valence-corrected chi connectivity index (χ0v) is 19.5. The molecule has 0 amide bonds. The van der Waals surface area contributed by atoms with Gasteiger partial charge in [0.25, 0.3) is 0 Å². The minimum absolute atomic E-state index is 0.0229. The molecule has 0 radical (unpaired) electrons. The Morgan fingerprint density at radius 2 is 2.03 bits per heavy atom. The van der Waals surface area contributed by atoms with Crippen LogP contribution < -0.4 is 15.4 Å². The first-order valence-corrected chi connectivity index (χ1v) is 12.8. The van der Waals surface area contributed by atoms with Gasteiger partial charge in [-0.25, -0.2) is 27.8 Å². The molecule has 5 rings (SSSR count). The van der Waals surface area contributed by atoms with Crippen LogP contribution in [0.15, 0.2) is 42.8 Å². The van der Waals surface area contributed by atoms with Crippen molar-refractivity contribution in [1.29, 1.82) is 0 Å². The minimum Gasteiger partial charge on any atom is -0.500 e. The molecule has 10 nitrogen and oxygen atoms in total. The van der Waals surface area contributed by atoms with Crippen LogP contribution in [0.3, 0.4) is 0 Å². The van der Waals surface area contributed by atoms with E-state index in [0.29, 0.717) is 47.7 Å². The number of benzene rings is 1. The van der Waals surface area contributed by atoms with Gasteiger partial charge in [0.05, 0.1) is 41.4 Å². The Balaban J connectivity index is 1.58. The van der Waals surface area contributed by atoms with Gasteiger partial charge in [-0.2, -0.15) is 0 Å². The van der Waals surface area contributed by atoms with E-state index in [1.54, 1.807) is 18.2 Å². The minimum atomic E-state index is -3.89. The summed E-state index contributed by atoms with van der Waals surface area (Å²) in [5.41, 5.74) is 6.59. The molecule has 0 spiro atoms. The number of sulfonamides is 1. The third kappa shape index (κ3) is 4.41. The van der Waals surface area contributed by atoms with Crippen molar-refractivity contribution >= 4 is 38.1 Å². The molecule has 1 aromatic carbocycles. The molecule has 178 valence electrons. The van der Waals surface area contributed by atoms with E-state index in [1.807, 2.05) is 0 Å². The van der Waals surface area contributed by atoms with Gasteiger partial charge in [-0.15, -0.1) is 0 Å². The maximum atomic E-state index is 15.7. The molecule has 2 aromatic heterocycles. The summed E-state index contributed by atoms with van der Waals surface area (Å²) in [4.78, 5) is 15.6. The molecule has 0 aliphatic carbocycles. The third-order valence-electron chi connectivity index (χ3n) is 5.36. The Hall–Kier alpha value is -3.29. The number of nitrogens with two attached hydrogens (primary N) is 1. The number of morpholine rings is 1. The fraction of sp³-hybridized carbons (Fsp3) is 0.286. The number of nitrogen functional groups attached to an aromatic ring is 1. The van der Waals surface area contributed by atoms with Crippen LogP contribution in [0, 0.1) is 5.82 Å². The Morgan fingerprint density at radius 1 is 1.21 bits per heavy atom. The van der Waals surface area contributed by atoms with E-state index in [1.165, 1.54) is 35.9 Å². The quantitative estimate of drug-likeness (QED) is 0.519. The largest absolute Gasteiger partial charge is 0.500 e. The van der Waals surface area contributed by atoms with Crippen LogP contribution in [0.25, 0.3) is 21.8 Å². The van der Waals surface area contributed by atoms with E-state index in [0.717, 1.165) is 0 Å². The summed E-state index contributed by atoms with van der Waals surface area (Å²) < 4.78 is 53.8. The van der Waals surface area contributed by atoms with Crippen LogP contribution in [0.5, 0.6) is 0 Å². The average molecular weight is 505 g/mol. The fourth-order valence-corrected chi connectivity index (χ4v) is 5.87. The second-order valence-corrected chi connectivity index (χ2v) is 10.5. The van der Waals surface area contributed by atoms with E-state index in [4.69, 9.17) is 20.2 Å². The highest BCUT2D eigenvalue weighted by atomic mass is 32.2. The van der Waals surface area contributed by atoms with E-state index >= 15 is 4.39 Å². The lowest BCUT2D eigenvalue weighted by atomic mass is 10.1. The zero-order chi connectivity index (χ0) is 23.7. The predicted octanol–water partition coefficient (Wildman–Crippen LogP) is 2.48. The molecule has 34 heavy (non-hydrogen) atoms. The lowest BCUT2D eigenvalue weighted by molar-refractivity contribution is 0.122. The Kier molecular flexibility index (Phi) is 6.06. The smallest absolute Gasteiger partial charge is 0.242 e. The second kappa shape index (κ2) is 9.16. The van der Waals surface area contributed by atoms with Crippen LogP contribution in [0.1, 0.15) is 0 Å². The number of thiazole rings is 1. The zero-order valence-electron chi connectivity index (χ0n) is 17.8. The maximum absolute atomic E-state index is 15.7. The molecule has 1 atom stereocenters. The molecule has 13 heteroatoms. The first-order valence-electron chi connectivity index (χ1n) is 10.4. The Morgan fingerprint density at radius 3 is 2.76 bits per heavy atom. The summed E-state index contributed by atoms with van der Waals surface area (Å²) in [5.74, 6) is -0.658. The van der Waals surface area contributed by atoms with E-state index in [2.05, 4.69) is 19.6 Å². The van der Waals surface area contributed by atoms with Crippen LogP contribution in [0.2, 0.25) is 0 Å². The molecule has 2 aliphatic rings. The number of hydrogen-bond donors (Lipinski definition) is 2. The Bertz CT molecular complexity index is 1340. The molecule has 0 bridgehead atoms. The monoisotopic (exact) mass is 504 g/mol. The molecule has 1 fully saturated rings. The topological polar surface area (TPSA) is 133 Å². The van der Waals surface area contributed by atoms with Crippen LogP contribution in [-0.2, 0) is 19.5 Å². The van der Waals surface area contributed by atoms with Crippen molar-refractivity contribution in [3.63, 3.8) is 0 Å². The van der Waals surface area contributed by atoms with Gasteiger partial charge in [0.15, 0.2) is 10.9 Å². The summed E-state index contributed by atoms with van der Waals surface area (Å²) >= 11 is 1.35. The van der Waals surface area contributed by atoms with E-state index < -0.39 is 21.1 Å². The number of rotatable bonds is 6. The molecule has 2 aliphatic heterocycles. The van der Waals surface area contributed by atoms with Gasteiger partial charge in [-0.3, -0.25) is 4.72 Å². The molecule has 1 saturated heterocycles. The van der Waals surface area contributed by atoms with Crippen molar-refractivity contribution in [2.45, 2.75) is 5.25 Å². The van der Waals surface area contributed by atoms with Gasteiger partial charge in [0.2, 0.25) is 16.0 Å². The SMILES string of the molecule is Nc1nccc(-c2sc(N3CCOCC3)nc2-c2cccc(NS(=O)(=O)C3C=COC3)c2F)n1. The number of ether oxygens (including phenoxy) is 2. The maximum Gasteiger partial charge on any atom is 0.242 e. The fourth-order valence-electron chi connectivity index (χ4n) is 3.62. The number of nitrogens with one attached hydrogen (secondary N) is 1. The van der Waals surface area contributed by atoms with Crippen LogP contribution >= 0.6 is 11.3 Å². The van der Waals surface area contributed by atoms with Gasteiger partial charge >= 0.3 is 0 Å².